The second kappa shape index (κ2) is 12.5. The van der Waals surface area contributed by atoms with E-state index in [2.05, 4.69) is 26.2 Å². The normalized spacial score (nSPS) is 27.6. The molecular weight excluding hydrogens is 578 g/mol. The predicted octanol–water partition coefficient (Wildman–Crippen LogP) is -1.52. The Labute approximate surface area is 253 Å². The molecule has 0 radical (unpaired) electrons. The van der Waals surface area contributed by atoms with Crippen LogP contribution >= 0.6 is 11.8 Å². The third kappa shape index (κ3) is 5.79. The highest BCUT2D eigenvalue weighted by molar-refractivity contribution is 8.03. The number of hydrogen-bond acceptors (Lipinski definition) is 10. The lowest BCUT2D eigenvalue weighted by molar-refractivity contribution is -0.158. The number of β-lactam (4-membered cyclic amide) rings is 1. The zero-order valence-electron chi connectivity index (χ0n) is 24.5. The first-order valence-electron chi connectivity index (χ1n) is 14.6. The molecule has 2 unspecified atom stereocenters. The van der Waals surface area contributed by atoms with Gasteiger partial charge in [-0.2, -0.15) is 0 Å². The summed E-state index contributed by atoms with van der Waals surface area (Å²) in [7, 11) is 0. The van der Waals surface area contributed by atoms with Gasteiger partial charge in [-0.1, -0.05) is 13.8 Å². The summed E-state index contributed by atoms with van der Waals surface area (Å²) >= 11 is 1.37. The van der Waals surface area contributed by atoms with Crippen LogP contribution < -0.4 is 16.4 Å². The minimum absolute atomic E-state index is 0.00226. The van der Waals surface area contributed by atoms with Crippen LogP contribution in [-0.4, -0.2) is 126 Å². The Morgan fingerprint density at radius 3 is 2.72 bits per heavy atom. The van der Waals surface area contributed by atoms with Gasteiger partial charge in [0.25, 0.3) is 0 Å². The van der Waals surface area contributed by atoms with Gasteiger partial charge >= 0.3 is 5.97 Å². The highest BCUT2D eigenvalue weighted by atomic mass is 32.2. The summed E-state index contributed by atoms with van der Waals surface area (Å²) in [5.74, 6) is -1.85. The number of fused-ring (bicyclic) bond motifs is 2. The van der Waals surface area contributed by atoms with E-state index in [1.54, 1.807) is 6.92 Å². The molecule has 0 aromatic carbocycles. The SMILES string of the molecule is CCN[C@@H](CCSC1=C(C(=O)O)N2C(=O)[C@H]([C@@H](C)NC(=O)Cn3cnnn3)[C@H]2[C@H]1C)C(=O)N1CC2CCN(C(=N)N)C2C1. The molecule has 0 spiro atoms. The molecule has 0 saturated carbocycles. The smallest absolute Gasteiger partial charge is 0.353 e. The summed E-state index contributed by atoms with van der Waals surface area (Å²) in [4.78, 5) is 57.2. The molecule has 7 atom stereocenters. The van der Waals surface area contributed by atoms with Crippen molar-refractivity contribution in [1.29, 1.82) is 5.41 Å². The second-order valence-corrected chi connectivity index (χ2v) is 12.7. The van der Waals surface area contributed by atoms with Crippen molar-refractivity contribution in [2.24, 2.45) is 23.5 Å². The number of likely N-dealkylation sites (tertiary alicyclic amines) is 2. The molecule has 16 nitrogen and oxygen atoms in total. The van der Waals surface area contributed by atoms with Crippen LogP contribution in [-0.2, 0) is 25.7 Å². The quantitative estimate of drug-likeness (QED) is 0.103. The van der Waals surface area contributed by atoms with E-state index < -0.39 is 24.0 Å². The topological polar surface area (TPSA) is 216 Å². The molecule has 43 heavy (non-hydrogen) atoms. The standard InChI is InChI=1S/C26H39N11O5S/c1-4-29-16(23(39)34-9-15-5-7-36(26(27)28)17(15)10-34)6-8-43-22-13(2)20-19(24(40)37(20)21(22)25(41)42)14(3)31-18(38)11-35-12-30-32-33-35/h12-17,19-20,29H,4-11H2,1-3H3,(H3,27,28)(H,31,38)(H,41,42)/t13-,14-,15?,16+,17?,19-,20-/m1/s1. The van der Waals surface area contributed by atoms with Crippen LogP contribution in [0.3, 0.4) is 0 Å². The van der Waals surface area contributed by atoms with Crippen molar-refractivity contribution in [2.75, 3.05) is 31.9 Å². The molecule has 234 valence electrons. The number of guanidine groups is 1. The van der Waals surface area contributed by atoms with Gasteiger partial charge in [0.1, 0.15) is 18.6 Å². The number of nitrogens with one attached hydrogen (secondary N) is 3. The minimum Gasteiger partial charge on any atom is -0.477 e. The monoisotopic (exact) mass is 617 g/mol. The van der Waals surface area contributed by atoms with E-state index in [0.29, 0.717) is 42.6 Å². The Morgan fingerprint density at radius 1 is 1.30 bits per heavy atom. The fourth-order valence-corrected chi connectivity index (χ4v) is 8.33. The summed E-state index contributed by atoms with van der Waals surface area (Å²) in [6.45, 7) is 8.00. The van der Waals surface area contributed by atoms with Crippen LogP contribution in [0.4, 0.5) is 0 Å². The van der Waals surface area contributed by atoms with Crippen LogP contribution in [0.1, 0.15) is 33.6 Å². The number of amides is 3. The molecule has 17 heteroatoms. The van der Waals surface area contributed by atoms with Crippen molar-refractivity contribution in [3.8, 4) is 0 Å². The first-order chi connectivity index (χ1) is 20.5. The van der Waals surface area contributed by atoms with Crippen molar-refractivity contribution >= 4 is 41.4 Å². The maximum atomic E-state index is 13.5. The summed E-state index contributed by atoms with van der Waals surface area (Å²) in [5, 5.41) is 34.7. The van der Waals surface area contributed by atoms with Gasteiger partial charge in [-0.05, 0) is 42.5 Å². The van der Waals surface area contributed by atoms with Crippen LogP contribution in [0.25, 0.3) is 0 Å². The Balaban J connectivity index is 1.20. The van der Waals surface area contributed by atoms with E-state index >= 15 is 0 Å². The van der Waals surface area contributed by atoms with Gasteiger partial charge in [0.15, 0.2) is 5.96 Å². The number of aromatic nitrogens is 4. The molecular formula is C26H39N11O5S. The number of rotatable bonds is 12. The first-order valence-corrected chi connectivity index (χ1v) is 15.6. The van der Waals surface area contributed by atoms with Gasteiger partial charge in [0.2, 0.25) is 17.7 Å². The van der Waals surface area contributed by atoms with Crippen molar-refractivity contribution in [1.82, 2.24) is 45.5 Å². The average Bonchev–Trinajstić information content (AvgIpc) is 3.72. The van der Waals surface area contributed by atoms with E-state index in [0.717, 1.165) is 13.0 Å². The minimum atomic E-state index is -1.17. The second-order valence-electron chi connectivity index (χ2n) is 11.6. The summed E-state index contributed by atoms with van der Waals surface area (Å²) in [6, 6.07) is -1.27. The summed E-state index contributed by atoms with van der Waals surface area (Å²) in [6.07, 6.45) is 2.70. The molecule has 0 bridgehead atoms. The number of nitrogens with zero attached hydrogens (tertiary/aromatic N) is 7. The van der Waals surface area contributed by atoms with Crippen molar-refractivity contribution in [3.05, 3.63) is 16.9 Å². The maximum absolute atomic E-state index is 13.5. The first kappa shape index (κ1) is 30.7. The van der Waals surface area contributed by atoms with Crippen molar-refractivity contribution in [3.63, 3.8) is 0 Å². The average molecular weight is 618 g/mol. The van der Waals surface area contributed by atoms with E-state index in [1.165, 1.54) is 27.7 Å². The fraction of sp³-hybridized carbons (Fsp3) is 0.692. The third-order valence-electron chi connectivity index (χ3n) is 9.00. The number of nitrogens with two attached hydrogens (primary N) is 1. The van der Waals surface area contributed by atoms with E-state index in [-0.39, 0.29) is 53.9 Å². The lowest BCUT2D eigenvalue weighted by atomic mass is 9.78. The number of aliphatic carboxylic acids is 1. The molecule has 3 fully saturated rings. The molecule has 5 rings (SSSR count). The lowest BCUT2D eigenvalue weighted by Crippen LogP contribution is -2.66. The Bertz CT molecular complexity index is 1310. The largest absolute Gasteiger partial charge is 0.477 e. The molecule has 4 aliphatic rings. The van der Waals surface area contributed by atoms with Gasteiger partial charge < -0.3 is 36.2 Å². The predicted molar refractivity (Wildman–Crippen MR) is 155 cm³/mol. The van der Waals surface area contributed by atoms with Gasteiger partial charge in [0, 0.05) is 42.4 Å². The fourth-order valence-electron chi connectivity index (χ4n) is 7.03. The van der Waals surface area contributed by atoms with Crippen LogP contribution in [0.2, 0.25) is 0 Å². The number of thioether (sulfide) groups is 1. The van der Waals surface area contributed by atoms with E-state index in [9.17, 15) is 24.3 Å². The third-order valence-corrected chi connectivity index (χ3v) is 10.3. The van der Waals surface area contributed by atoms with Crippen molar-refractivity contribution in [2.45, 2.75) is 64.3 Å². The van der Waals surface area contributed by atoms with E-state index in [4.69, 9.17) is 11.1 Å². The lowest BCUT2D eigenvalue weighted by Gasteiger charge is -2.47. The highest BCUT2D eigenvalue weighted by Crippen LogP contribution is 2.50. The number of carboxylic acids is 1. The molecule has 5 heterocycles. The van der Waals surface area contributed by atoms with Gasteiger partial charge in [-0.15, -0.1) is 16.9 Å². The molecule has 6 N–H and O–H groups in total. The Kier molecular flexibility index (Phi) is 8.91. The maximum Gasteiger partial charge on any atom is 0.353 e. The number of tetrazole rings is 1. The summed E-state index contributed by atoms with van der Waals surface area (Å²) in [5.41, 5.74) is 5.73. The van der Waals surface area contributed by atoms with Crippen molar-refractivity contribution < 1.29 is 24.3 Å². The van der Waals surface area contributed by atoms with Gasteiger partial charge in [0.05, 0.1) is 24.0 Å². The zero-order chi connectivity index (χ0) is 31.0. The molecule has 0 aliphatic carbocycles. The Morgan fingerprint density at radius 2 is 2.07 bits per heavy atom. The van der Waals surface area contributed by atoms with E-state index in [1.807, 2.05) is 23.6 Å². The molecule has 3 amide bonds. The number of carbonyl (C=O) groups excluding carboxylic acids is 3. The van der Waals surface area contributed by atoms with Gasteiger partial charge in [-0.25, -0.2) is 9.48 Å². The molecule has 3 saturated heterocycles. The van der Waals surface area contributed by atoms with Crippen LogP contribution in [0, 0.1) is 23.2 Å². The van der Waals surface area contributed by atoms with Crippen LogP contribution in [0.15, 0.2) is 16.9 Å². The molecule has 1 aromatic heterocycles. The number of likely N-dealkylation sites (N-methyl/N-ethyl adjacent to an activating group) is 1. The molecule has 1 aromatic rings. The Hall–Kier alpha value is -3.73. The molecule has 4 aliphatic heterocycles. The highest BCUT2D eigenvalue weighted by Gasteiger charge is 2.60. The summed E-state index contributed by atoms with van der Waals surface area (Å²) < 4.78 is 1.27. The number of carboxylic acid groups (broad SMARTS) is 1. The number of carbonyl (C=O) groups is 4. The zero-order valence-corrected chi connectivity index (χ0v) is 25.3. The number of hydrogen-bond donors (Lipinski definition) is 5. The van der Waals surface area contributed by atoms with Crippen LogP contribution in [0.5, 0.6) is 0 Å². The van der Waals surface area contributed by atoms with Gasteiger partial charge in [-0.3, -0.25) is 19.8 Å².